The molecule has 0 bridgehead atoms. The summed E-state index contributed by atoms with van der Waals surface area (Å²) in [4.78, 5) is 62.9. The Hall–Kier alpha value is -5.88. The molecule has 3 aliphatic carbocycles. The first-order valence-electron chi connectivity index (χ1n) is 17.9. The molecule has 4 amide bonds. The van der Waals surface area contributed by atoms with Gasteiger partial charge in [0, 0.05) is 42.6 Å². The number of carbonyl (C=O) groups excluding carboxylic acids is 4. The zero-order valence-electron chi connectivity index (χ0n) is 29.2. The van der Waals surface area contributed by atoms with E-state index in [4.69, 9.17) is 10.5 Å². The maximum Gasteiger partial charge on any atom is 0.407 e. The zero-order chi connectivity index (χ0) is 37.1. The van der Waals surface area contributed by atoms with Gasteiger partial charge in [-0.25, -0.2) is 4.79 Å². The Kier molecular flexibility index (Phi) is 10.3. The quantitative estimate of drug-likeness (QED) is 0.212. The number of allylic oxidation sites excluding steroid dienone is 8. The molecule has 7 rings (SSSR count). The lowest BCUT2D eigenvalue weighted by molar-refractivity contribution is -0.133. The standard InChI is InChI=1S/C41H42N6O6/c1-23(48)37(38(42)49)47-40(51)35(18-24-20-43-33-16-8-6-10-26(24)33)45-39(50)36(19-25-21-44-34-17-9-7-11-27(25)34)46-41(52)53-22-32-30-14-4-2-12-28(30)29-13-3-5-15-31(29)32/h2-17,21,23-24,26-27,32,35-37,48H,18-20,22H2,1H3,(H2,42,49)(H,45,50)(H,46,52)(H,47,51). The number of fused-ring (bicyclic) bond motifs is 5. The fourth-order valence-electron chi connectivity index (χ4n) is 7.76. The lowest BCUT2D eigenvalue weighted by Crippen LogP contribution is -2.59. The summed E-state index contributed by atoms with van der Waals surface area (Å²) in [5.41, 5.74) is 12.3. The van der Waals surface area contributed by atoms with Crippen molar-refractivity contribution in [3.8, 4) is 11.1 Å². The molecule has 2 aliphatic heterocycles. The Morgan fingerprint density at radius 3 is 2.23 bits per heavy atom. The smallest absolute Gasteiger partial charge is 0.407 e. The molecule has 0 aromatic heterocycles. The molecule has 2 heterocycles. The highest BCUT2D eigenvalue weighted by Crippen LogP contribution is 2.44. The predicted octanol–water partition coefficient (Wildman–Crippen LogP) is 3.40. The number of rotatable bonds is 13. The van der Waals surface area contributed by atoms with E-state index in [1.165, 1.54) is 6.92 Å². The van der Waals surface area contributed by atoms with Gasteiger partial charge >= 0.3 is 6.09 Å². The second-order valence-corrected chi connectivity index (χ2v) is 13.9. The summed E-state index contributed by atoms with van der Waals surface area (Å²) in [6.45, 7) is 1.82. The molecule has 7 atom stereocenters. The number of benzene rings is 2. The number of ether oxygens (including phenoxy) is 1. The minimum Gasteiger partial charge on any atom is -0.449 e. The third-order valence-electron chi connectivity index (χ3n) is 10.5. The molecule has 0 saturated heterocycles. The normalized spacial score (nSPS) is 22.5. The van der Waals surface area contributed by atoms with Crippen LogP contribution >= 0.6 is 0 Å². The van der Waals surface area contributed by atoms with Crippen molar-refractivity contribution in [3.05, 3.63) is 120 Å². The molecule has 2 aromatic carbocycles. The zero-order valence-corrected chi connectivity index (χ0v) is 29.2. The molecule has 12 heteroatoms. The summed E-state index contributed by atoms with van der Waals surface area (Å²) in [6.07, 6.45) is 15.3. The number of aliphatic hydroxyl groups excluding tert-OH is 1. The number of nitrogens with two attached hydrogens (primary N) is 1. The largest absolute Gasteiger partial charge is 0.449 e. The van der Waals surface area contributed by atoms with Gasteiger partial charge in [-0.1, -0.05) is 85.0 Å². The maximum atomic E-state index is 14.3. The minimum atomic E-state index is -1.38. The number of carbonyl (C=O) groups is 4. The number of amides is 4. The van der Waals surface area contributed by atoms with Crippen molar-refractivity contribution in [2.24, 2.45) is 33.5 Å². The summed E-state index contributed by atoms with van der Waals surface area (Å²) in [5.74, 6) is -2.79. The summed E-state index contributed by atoms with van der Waals surface area (Å²) < 4.78 is 5.83. The molecule has 0 saturated carbocycles. The number of aliphatic hydroxyl groups is 1. The highest BCUT2D eigenvalue weighted by atomic mass is 16.5. The van der Waals surface area contributed by atoms with E-state index in [1.54, 1.807) is 6.20 Å². The maximum absolute atomic E-state index is 14.3. The van der Waals surface area contributed by atoms with Gasteiger partial charge < -0.3 is 31.5 Å². The Labute approximate surface area is 307 Å². The Morgan fingerprint density at radius 2 is 1.53 bits per heavy atom. The lowest BCUT2D eigenvalue weighted by atomic mass is 9.83. The first-order valence-corrected chi connectivity index (χ1v) is 17.9. The van der Waals surface area contributed by atoms with Crippen LogP contribution in [-0.4, -0.2) is 77.7 Å². The van der Waals surface area contributed by atoms with Gasteiger partial charge in [-0.05, 0) is 59.2 Å². The topological polar surface area (TPSA) is 185 Å². The van der Waals surface area contributed by atoms with Gasteiger partial charge in [0.1, 0.15) is 24.7 Å². The van der Waals surface area contributed by atoms with Gasteiger partial charge in [0.2, 0.25) is 17.7 Å². The highest BCUT2D eigenvalue weighted by molar-refractivity contribution is 6.03. The van der Waals surface area contributed by atoms with E-state index in [9.17, 15) is 24.3 Å². The predicted molar refractivity (Wildman–Crippen MR) is 201 cm³/mol. The van der Waals surface area contributed by atoms with E-state index in [-0.39, 0.29) is 43.1 Å². The SMILES string of the molecule is CC(O)C(NC(=O)C(CC1CN=C2C=CC=CC21)NC(=O)C(CC1=CN=C2C=CC=CC12)NC(=O)OCC1c2ccccc2-c2ccccc21)C(N)=O. The lowest BCUT2D eigenvalue weighted by Gasteiger charge is -2.29. The first kappa shape index (κ1) is 35.5. The van der Waals surface area contributed by atoms with Gasteiger partial charge in [-0.15, -0.1) is 0 Å². The molecule has 2 aromatic rings. The number of hydrogen-bond acceptors (Lipinski definition) is 8. The summed E-state index contributed by atoms with van der Waals surface area (Å²) >= 11 is 0. The Morgan fingerprint density at radius 1 is 0.868 bits per heavy atom. The van der Waals surface area contributed by atoms with Crippen molar-refractivity contribution in [3.63, 3.8) is 0 Å². The molecular formula is C41H42N6O6. The van der Waals surface area contributed by atoms with Crippen LogP contribution in [0.1, 0.15) is 36.8 Å². The van der Waals surface area contributed by atoms with Crippen molar-refractivity contribution in [2.45, 2.75) is 49.9 Å². The number of nitrogens with one attached hydrogen (secondary N) is 3. The van der Waals surface area contributed by atoms with E-state index in [0.29, 0.717) is 6.54 Å². The van der Waals surface area contributed by atoms with Crippen molar-refractivity contribution in [2.75, 3.05) is 13.2 Å². The van der Waals surface area contributed by atoms with Crippen LogP contribution in [0.4, 0.5) is 4.79 Å². The number of alkyl carbamates (subject to hydrolysis) is 1. The molecule has 6 N–H and O–H groups in total. The van der Waals surface area contributed by atoms with Crippen molar-refractivity contribution in [1.82, 2.24) is 16.0 Å². The van der Waals surface area contributed by atoms with E-state index in [1.807, 2.05) is 97.1 Å². The second-order valence-electron chi connectivity index (χ2n) is 13.9. The van der Waals surface area contributed by atoms with Crippen LogP contribution in [0.2, 0.25) is 0 Å². The van der Waals surface area contributed by atoms with Crippen molar-refractivity contribution in [1.29, 1.82) is 0 Å². The van der Waals surface area contributed by atoms with E-state index >= 15 is 0 Å². The Bertz CT molecular complexity index is 1980. The third-order valence-corrected chi connectivity index (χ3v) is 10.5. The highest BCUT2D eigenvalue weighted by Gasteiger charge is 2.38. The van der Waals surface area contributed by atoms with Crippen LogP contribution in [0.5, 0.6) is 0 Å². The van der Waals surface area contributed by atoms with E-state index < -0.39 is 48.0 Å². The fourth-order valence-corrected chi connectivity index (χ4v) is 7.76. The average Bonchev–Trinajstić information content (AvgIpc) is 3.86. The summed E-state index contributed by atoms with van der Waals surface area (Å²) in [6, 6.07) is 12.3. The molecular weight excluding hydrogens is 672 g/mol. The number of hydrogen-bond donors (Lipinski definition) is 5. The van der Waals surface area contributed by atoms with Crippen LogP contribution < -0.4 is 21.7 Å². The van der Waals surface area contributed by atoms with E-state index in [0.717, 1.165) is 39.3 Å². The van der Waals surface area contributed by atoms with Gasteiger partial charge in [-0.3, -0.25) is 24.4 Å². The van der Waals surface area contributed by atoms with Crippen LogP contribution in [0.25, 0.3) is 11.1 Å². The molecule has 7 unspecified atom stereocenters. The number of aliphatic imine (C=N–C) groups is 2. The molecule has 0 fully saturated rings. The third kappa shape index (κ3) is 7.54. The minimum absolute atomic E-state index is 0.0482. The van der Waals surface area contributed by atoms with Crippen LogP contribution in [0, 0.1) is 17.8 Å². The van der Waals surface area contributed by atoms with Crippen LogP contribution in [0.15, 0.2) is 119 Å². The molecule has 272 valence electrons. The molecule has 0 radical (unpaired) electrons. The molecule has 0 spiro atoms. The molecule has 53 heavy (non-hydrogen) atoms. The fraction of sp³-hybridized carbons (Fsp3) is 0.317. The number of nitrogens with zero attached hydrogens (tertiary/aromatic N) is 2. The van der Waals surface area contributed by atoms with Gasteiger partial charge in [0.15, 0.2) is 0 Å². The van der Waals surface area contributed by atoms with Gasteiger partial charge in [0.05, 0.1) is 11.8 Å². The second kappa shape index (κ2) is 15.4. The Balaban J connectivity index is 1.10. The van der Waals surface area contributed by atoms with Crippen LogP contribution in [0.3, 0.4) is 0 Å². The van der Waals surface area contributed by atoms with Gasteiger partial charge in [0.25, 0.3) is 0 Å². The van der Waals surface area contributed by atoms with Gasteiger partial charge in [-0.2, -0.15) is 0 Å². The average molecular weight is 715 g/mol. The summed E-state index contributed by atoms with van der Waals surface area (Å²) in [5, 5.41) is 18.3. The molecule has 12 nitrogen and oxygen atoms in total. The van der Waals surface area contributed by atoms with E-state index in [2.05, 4.69) is 25.9 Å². The number of primary amides is 1. The van der Waals surface area contributed by atoms with Crippen molar-refractivity contribution < 1.29 is 29.0 Å². The first-order chi connectivity index (χ1) is 25.7. The summed E-state index contributed by atoms with van der Waals surface area (Å²) in [7, 11) is 0. The van der Waals surface area contributed by atoms with Crippen LogP contribution in [-0.2, 0) is 19.1 Å². The molecule has 5 aliphatic rings. The van der Waals surface area contributed by atoms with Crippen molar-refractivity contribution >= 4 is 35.2 Å². The monoisotopic (exact) mass is 714 g/mol.